The summed E-state index contributed by atoms with van der Waals surface area (Å²) in [6, 6.07) is 9.90. The first-order valence-corrected chi connectivity index (χ1v) is 8.72. The number of aromatic nitrogens is 1. The maximum absolute atomic E-state index is 11.8. The number of thiazole rings is 1. The summed E-state index contributed by atoms with van der Waals surface area (Å²) in [6.07, 6.45) is 1.07. The van der Waals surface area contributed by atoms with Gasteiger partial charge >= 0.3 is 5.69 Å². The van der Waals surface area contributed by atoms with Gasteiger partial charge in [-0.1, -0.05) is 35.1 Å². The molecule has 1 heterocycles. The predicted octanol–water partition coefficient (Wildman–Crippen LogP) is 3.13. The van der Waals surface area contributed by atoms with Gasteiger partial charge in [-0.15, -0.1) is 0 Å². The van der Waals surface area contributed by atoms with E-state index in [1.165, 1.54) is 17.4 Å². The monoisotopic (exact) mass is 405 g/mol. The van der Waals surface area contributed by atoms with Crippen molar-refractivity contribution < 1.29 is 14.8 Å². The Kier molecular flexibility index (Phi) is 5.48. The first-order chi connectivity index (χ1) is 12.9. The van der Waals surface area contributed by atoms with E-state index in [0.29, 0.717) is 5.13 Å². The fraction of sp³-hybridized carbons (Fsp3) is 0.0625. The summed E-state index contributed by atoms with van der Waals surface area (Å²) in [4.78, 5) is 26.3. The lowest BCUT2D eigenvalue weighted by Gasteiger charge is -2.03. The first-order valence-electron chi connectivity index (χ1n) is 7.52. The molecule has 11 heteroatoms. The fourth-order valence-electron chi connectivity index (χ4n) is 2.16. The molecule has 1 amide bonds. The molecule has 1 aromatic heterocycles. The smallest absolute Gasteiger partial charge is 0.312 e. The molecule has 0 unspecified atom stereocenters. The number of phenolic OH excluding ortho intramolecular Hbond substituents is 1. The van der Waals surface area contributed by atoms with Gasteiger partial charge in [0, 0.05) is 16.7 Å². The highest BCUT2D eigenvalue weighted by Crippen LogP contribution is 2.32. The Hall–Kier alpha value is -3.24. The molecular weight excluding hydrogens is 394 g/mol. The third-order valence-corrected chi connectivity index (χ3v) is 4.58. The molecule has 0 fully saturated rings. The van der Waals surface area contributed by atoms with Crippen molar-refractivity contribution in [2.75, 3.05) is 11.9 Å². The molecule has 0 bridgehead atoms. The molecule has 3 N–H and O–H groups in total. The summed E-state index contributed by atoms with van der Waals surface area (Å²) < 4.78 is 0.997. The van der Waals surface area contributed by atoms with Gasteiger partial charge in [0.15, 0.2) is 5.13 Å². The van der Waals surface area contributed by atoms with Gasteiger partial charge in [0.2, 0.25) is 5.75 Å². The number of anilines is 1. The number of nitro groups is 1. The molecule has 3 rings (SSSR count). The molecule has 0 saturated heterocycles. The summed E-state index contributed by atoms with van der Waals surface area (Å²) in [5.74, 6) is -1.04. The molecule has 9 nitrogen and oxygen atoms in total. The van der Waals surface area contributed by atoms with Crippen molar-refractivity contribution in [2.45, 2.75) is 0 Å². The van der Waals surface area contributed by atoms with E-state index in [0.717, 1.165) is 22.5 Å². The molecule has 0 radical (unpaired) electrons. The maximum Gasteiger partial charge on any atom is 0.312 e. The second-order valence-electron chi connectivity index (χ2n) is 5.25. The number of halogens is 1. The third-order valence-electron chi connectivity index (χ3n) is 3.37. The van der Waals surface area contributed by atoms with Crippen LogP contribution in [-0.2, 0) is 4.79 Å². The number of aromatic hydroxyl groups is 1. The van der Waals surface area contributed by atoms with Gasteiger partial charge in [-0.3, -0.25) is 14.9 Å². The van der Waals surface area contributed by atoms with E-state index in [1.54, 1.807) is 0 Å². The largest absolute Gasteiger partial charge is 0.502 e. The van der Waals surface area contributed by atoms with Crippen molar-refractivity contribution in [1.29, 1.82) is 0 Å². The number of carbonyl (C=O) groups excluding carboxylic acids is 1. The summed E-state index contributed by atoms with van der Waals surface area (Å²) in [6.45, 7) is -0.0706. The molecule has 0 saturated carbocycles. The van der Waals surface area contributed by atoms with Crippen LogP contribution in [0.1, 0.15) is 5.56 Å². The zero-order valence-electron chi connectivity index (χ0n) is 13.5. The Bertz CT molecular complexity index is 1020. The minimum atomic E-state index is -0.765. The standard InChI is InChI=1S/C16H12ClN5O4S/c17-10-5-9(15(24)12(6-10)22(25)26)7-19-21-14(23)8-18-16-20-11-3-1-2-4-13(11)27-16/h1-7,24H,8H2,(H,18,20)(H,21,23)/b19-7+. The Balaban J connectivity index is 1.59. The van der Waals surface area contributed by atoms with Gasteiger partial charge in [-0.2, -0.15) is 5.10 Å². The van der Waals surface area contributed by atoms with Crippen molar-refractivity contribution in [2.24, 2.45) is 5.10 Å². The molecule has 0 spiro atoms. The van der Waals surface area contributed by atoms with Crippen LogP contribution in [0.2, 0.25) is 5.02 Å². The second-order valence-corrected chi connectivity index (χ2v) is 6.72. The van der Waals surface area contributed by atoms with Crippen LogP contribution in [-0.4, -0.2) is 33.7 Å². The van der Waals surface area contributed by atoms with Gasteiger partial charge in [0.25, 0.3) is 5.91 Å². The number of nitrogens with one attached hydrogen (secondary N) is 2. The average Bonchev–Trinajstić information content (AvgIpc) is 3.05. The highest BCUT2D eigenvalue weighted by Gasteiger charge is 2.17. The number of carbonyl (C=O) groups is 1. The third kappa shape index (κ3) is 4.49. The van der Waals surface area contributed by atoms with Crippen LogP contribution in [0, 0.1) is 10.1 Å². The summed E-state index contributed by atoms with van der Waals surface area (Å²) in [5.41, 5.74) is 2.55. The van der Waals surface area contributed by atoms with Crippen LogP contribution >= 0.6 is 22.9 Å². The van der Waals surface area contributed by atoms with Crippen LogP contribution in [0.4, 0.5) is 10.8 Å². The molecule has 27 heavy (non-hydrogen) atoms. The van der Waals surface area contributed by atoms with Gasteiger partial charge in [-0.05, 0) is 18.2 Å². The van der Waals surface area contributed by atoms with Crippen LogP contribution < -0.4 is 10.7 Å². The SMILES string of the molecule is O=C(CNc1nc2ccccc2s1)N/N=C/c1cc(Cl)cc([N+](=O)[O-])c1O. The molecular formula is C16H12ClN5O4S. The Morgan fingerprint density at radius 1 is 1.41 bits per heavy atom. The Morgan fingerprint density at radius 3 is 2.93 bits per heavy atom. The van der Waals surface area contributed by atoms with Crippen LogP contribution in [0.25, 0.3) is 10.2 Å². The van der Waals surface area contributed by atoms with Gasteiger partial charge in [0.05, 0.1) is 27.9 Å². The van der Waals surface area contributed by atoms with Gasteiger partial charge in [0.1, 0.15) is 0 Å². The zero-order valence-corrected chi connectivity index (χ0v) is 15.1. The van der Waals surface area contributed by atoms with E-state index in [-0.39, 0.29) is 17.1 Å². The van der Waals surface area contributed by atoms with Crippen molar-refractivity contribution in [3.05, 3.63) is 57.1 Å². The number of para-hydroxylation sites is 1. The lowest BCUT2D eigenvalue weighted by molar-refractivity contribution is -0.385. The van der Waals surface area contributed by atoms with Crippen LogP contribution in [0.5, 0.6) is 5.75 Å². The quantitative estimate of drug-likeness (QED) is 0.328. The second kappa shape index (κ2) is 7.98. The fourth-order valence-corrected chi connectivity index (χ4v) is 3.24. The average molecular weight is 406 g/mol. The molecule has 3 aromatic rings. The molecule has 138 valence electrons. The molecule has 0 aliphatic heterocycles. The summed E-state index contributed by atoms with van der Waals surface area (Å²) in [5, 5.41) is 27.9. The number of hydrazone groups is 1. The van der Waals surface area contributed by atoms with E-state index < -0.39 is 22.3 Å². The number of hydrogen-bond donors (Lipinski definition) is 3. The number of rotatable bonds is 6. The molecule has 0 aliphatic rings. The lowest BCUT2D eigenvalue weighted by atomic mass is 10.2. The number of amides is 1. The van der Waals surface area contributed by atoms with Gasteiger partial charge < -0.3 is 10.4 Å². The number of fused-ring (bicyclic) bond motifs is 1. The summed E-state index contributed by atoms with van der Waals surface area (Å²) >= 11 is 7.19. The highest BCUT2D eigenvalue weighted by atomic mass is 35.5. The van der Waals surface area contributed by atoms with Crippen LogP contribution in [0.3, 0.4) is 0 Å². The molecule has 0 aliphatic carbocycles. The zero-order chi connectivity index (χ0) is 19.4. The van der Waals surface area contributed by atoms with Crippen molar-refractivity contribution in [1.82, 2.24) is 10.4 Å². The van der Waals surface area contributed by atoms with Crippen molar-refractivity contribution in [3.63, 3.8) is 0 Å². The maximum atomic E-state index is 11.8. The number of benzene rings is 2. The van der Waals surface area contributed by atoms with Crippen LogP contribution in [0.15, 0.2) is 41.5 Å². The number of phenols is 1. The Labute approximate surface area is 161 Å². The number of hydrogen-bond acceptors (Lipinski definition) is 8. The predicted molar refractivity (Wildman–Crippen MR) is 104 cm³/mol. The topological polar surface area (TPSA) is 130 Å². The van der Waals surface area contributed by atoms with Crippen molar-refractivity contribution in [3.8, 4) is 5.75 Å². The number of nitrogens with zero attached hydrogens (tertiary/aromatic N) is 3. The summed E-state index contributed by atoms with van der Waals surface area (Å²) in [7, 11) is 0. The van der Waals surface area contributed by atoms with E-state index in [2.05, 4.69) is 20.8 Å². The van der Waals surface area contributed by atoms with E-state index in [4.69, 9.17) is 11.6 Å². The van der Waals surface area contributed by atoms with E-state index in [9.17, 15) is 20.0 Å². The number of nitro benzene ring substituents is 1. The normalized spacial score (nSPS) is 11.0. The van der Waals surface area contributed by atoms with E-state index in [1.807, 2.05) is 24.3 Å². The van der Waals surface area contributed by atoms with E-state index >= 15 is 0 Å². The lowest BCUT2D eigenvalue weighted by Crippen LogP contribution is -2.25. The first kappa shape index (κ1) is 18.5. The molecule has 2 aromatic carbocycles. The minimum Gasteiger partial charge on any atom is -0.502 e. The highest BCUT2D eigenvalue weighted by molar-refractivity contribution is 7.22. The Morgan fingerprint density at radius 2 is 2.19 bits per heavy atom. The minimum absolute atomic E-state index is 0.00799. The van der Waals surface area contributed by atoms with Crippen molar-refractivity contribution >= 4 is 56.1 Å². The van der Waals surface area contributed by atoms with Gasteiger partial charge in [-0.25, -0.2) is 10.4 Å². The molecule has 0 atom stereocenters.